The van der Waals surface area contributed by atoms with E-state index in [1.165, 1.54) is 0 Å². The van der Waals surface area contributed by atoms with Crippen molar-refractivity contribution in [3.63, 3.8) is 0 Å². The van der Waals surface area contributed by atoms with Gasteiger partial charge in [-0.3, -0.25) is 0 Å². The second-order valence-corrected chi connectivity index (χ2v) is 10.5. The maximum Gasteiger partial charge on any atom is 0.433 e. The zero-order chi connectivity index (χ0) is 30.6. The van der Waals surface area contributed by atoms with E-state index in [1.807, 2.05) is 41.1 Å². The number of anilines is 2. The van der Waals surface area contributed by atoms with Crippen molar-refractivity contribution >= 4 is 22.4 Å². The second kappa shape index (κ2) is 13.0. The Balaban J connectivity index is 1.44. The third kappa shape index (κ3) is 6.58. The minimum absolute atomic E-state index is 0.0835. The van der Waals surface area contributed by atoms with Crippen molar-refractivity contribution in [2.45, 2.75) is 32.0 Å². The number of methoxy groups -OCH3 is 2. The molecule has 0 unspecified atom stereocenters. The Morgan fingerprint density at radius 3 is 2.47 bits per heavy atom. The van der Waals surface area contributed by atoms with Crippen molar-refractivity contribution in [1.29, 1.82) is 0 Å². The molecule has 1 aliphatic rings. The summed E-state index contributed by atoms with van der Waals surface area (Å²) in [5, 5.41) is 16.2. The van der Waals surface area contributed by atoms with Gasteiger partial charge in [0.15, 0.2) is 17.4 Å². The topological polar surface area (TPSA) is 87.9 Å². The molecule has 1 saturated heterocycles. The molecule has 2 aromatic carbocycles. The van der Waals surface area contributed by atoms with E-state index in [1.54, 1.807) is 14.2 Å². The van der Waals surface area contributed by atoms with Crippen molar-refractivity contribution in [2.24, 2.45) is 0 Å². The number of aromatic nitrogens is 3. The minimum atomic E-state index is -4.55. The van der Waals surface area contributed by atoms with Crippen LogP contribution in [-0.4, -0.2) is 78.0 Å². The fourth-order valence-electron chi connectivity index (χ4n) is 5.67. The van der Waals surface area contributed by atoms with Crippen molar-refractivity contribution in [3.8, 4) is 17.4 Å². The number of benzene rings is 2. The Labute approximate surface area is 248 Å². The number of aromatic hydroxyl groups is 1. The first-order chi connectivity index (χ1) is 20.7. The van der Waals surface area contributed by atoms with Crippen LogP contribution in [0.25, 0.3) is 10.8 Å². The molecule has 0 radical (unpaired) electrons. The average Bonchev–Trinajstić information content (AvgIpc) is 3.36. The number of hydrogen-bond acceptors (Lipinski definition) is 8. The van der Waals surface area contributed by atoms with Crippen LogP contribution in [0.15, 0.2) is 54.9 Å². The van der Waals surface area contributed by atoms with E-state index in [2.05, 4.69) is 38.1 Å². The molecule has 1 aliphatic heterocycles. The molecule has 0 spiro atoms. The van der Waals surface area contributed by atoms with Gasteiger partial charge in [0.05, 0.1) is 20.3 Å². The van der Waals surface area contributed by atoms with Crippen LogP contribution in [0.4, 0.5) is 24.8 Å². The maximum absolute atomic E-state index is 13.1. The first-order valence-corrected chi connectivity index (χ1v) is 14.4. The zero-order valence-electron chi connectivity index (χ0n) is 24.6. The molecule has 0 amide bonds. The molecular weight excluding hydrogens is 561 g/mol. The lowest BCUT2D eigenvalue weighted by Gasteiger charge is -2.35. The van der Waals surface area contributed by atoms with Crippen LogP contribution in [0.1, 0.15) is 37.1 Å². The lowest BCUT2D eigenvalue weighted by Crippen LogP contribution is -2.46. The van der Waals surface area contributed by atoms with Gasteiger partial charge in [0.1, 0.15) is 5.69 Å². The summed E-state index contributed by atoms with van der Waals surface area (Å²) in [6, 6.07) is 12.2. The van der Waals surface area contributed by atoms with E-state index in [0.29, 0.717) is 30.9 Å². The molecule has 12 heteroatoms. The number of alkyl halides is 3. The fraction of sp³-hybridized carbons (Fsp3) is 0.419. The van der Waals surface area contributed by atoms with Gasteiger partial charge in [-0.05, 0) is 55.3 Å². The monoisotopic (exact) mass is 598 g/mol. The molecule has 230 valence electrons. The Kier molecular flexibility index (Phi) is 9.14. The summed E-state index contributed by atoms with van der Waals surface area (Å²) in [4.78, 5) is 12.3. The van der Waals surface area contributed by atoms with Crippen LogP contribution >= 0.6 is 0 Å². The standard InChI is InChI=1S/C31H37F3N6O3/c1-4-38-15-17-39(18-16-38)25-8-5-7-22-23(25)20-40(29(22)41)24(21-10-11-26(42-2)27(19-21)43-3)9-6-13-35-30-36-14-12-28(37-30)31(32,33)34/h5,7-8,10-12,14,19-20,24,41H,4,6,9,13,15-18H2,1-3H3,(H,35,36,37)/t24-/m1/s1. The summed E-state index contributed by atoms with van der Waals surface area (Å²) >= 11 is 0. The van der Waals surface area contributed by atoms with Crippen molar-refractivity contribution in [1.82, 2.24) is 19.4 Å². The maximum atomic E-state index is 13.1. The molecule has 0 saturated carbocycles. The number of nitrogens with zero attached hydrogens (tertiary/aromatic N) is 5. The van der Waals surface area contributed by atoms with Gasteiger partial charge in [0.2, 0.25) is 5.95 Å². The number of hydrogen-bond donors (Lipinski definition) is 2. The quantitative estimate of drug-likeness (QED) is 0.210. The molecule has 1 atom stereocenters. The van der Waals surface area contributed by atoms with E-state index >= 15 is 0 Å². The third-order valence-corrected chi connectivity index (χ3v) is 8.01. The van der Waals surface area contributed by atoms with Gasteiger partial charge in [0, 0.05) is 61.6 Å². The van der Waals surface area contributed by atoms with E-state index in [0.717, 1.165) is 67.0 Å². The number of rotatable bonds is 11. The molecule has 3 heterocycles. The molecule has 0 aliphatic carbocycles. The van der Waals surface area contributed by atoms with Crippen LogP contribution < -0.4 is 19.7 Å². The highest BCUT2D eigenvalue weighted by Crippen LogP contribution is 2.41. The molecule has 0 bridgehead atoms. The Hall–Kier alpha value is -4.19. The molecule has 43 heavy (non-hydrogen) atoms. The lowest BCUT2D eigenvalue weighted by atomic mass is 10.0. The summed E-state index contributed by atoms with van der Waals surface area (Å²) in [5.74, 6) is 1.22. The van der Waals surface area contributed by atoms with Crippen molar-refractivity contribution < 1.29 is 27.8 Å². The van der Waals surface area contributed by atoms with Crippen LogP contribution in [0.5, 0.6) is 17.4 Å². The first-order valence-electron chi connectivity index (χ1n) is 14.4. The van der Waals surface area contributed by atoms with Gasteiger partial charge in [-0.25, -0.2) is 9.97 Å². The second-order valence-electron chi connectivity index (χ2n) is 10.5. The third-order valence-electron chi connectivity index (χ3n) is 8.01. The van der Waals surface area contributed by atoms with Crippen molar-refractivity contribution in [3.05, 3.63) is 66.1 Å². The summed E-state index contributed by atoms with van der Waals surface area (Å²) in [6.45, 7) is 7.30. The zero-order valence-corrected chi connectivity index (χ0v) is 24.6. The van der Waals surface area contributed by atoms with Gasteiger partial charge in [0.25, 0.3) is 0 Å². The van der Waals surface area contributed by atoms with Gasteiger partial charge < -0.3 is 34.3 Å². The van der Waals surface area contributed by atoms with E-state index in [9.17, 15) is 18.3 Å². The summed E-state index contributed by atoms with van der Waals surface area (Å²) in [7, 11) is 3.14. The van der Waals surface area contributed by atoms with Gasteiger partial charge in [-0.15, -0.1) is 0 Å². The fourth-order valence-corrected chi connectivity index (χ4v) is 5.67. The molecule has 2 aromatic heterocycles. The first kappa shape index (κ1) is 30.3. The molecule has 1 fully saturated rings. The Morgan fingerprint density at radius 2 is 1.77 bits per heavy atom. The molecule has 2 N–H and O–H groups in total. The largest absolute Gasteiger partial charge is 0.494 e. The van der Waals surface area contributed by atoms with E-state index in [-0.39, 0.29) is 17.9 Å². The predicted octanol–water partition coefficient (Wildman–Crippen LogP) is 5.80. The SMILES string of the molecule is CCN1CCN(c2cccc3c(O)n([C@H](CCCNc4nccc(C(F)(F)F)n4)c4ccc(OC)c(OC)c4)cc23)CC1. The van der Waals surface area contributed by atoms with E-state index < -0.39 is 11.9 Å². The van der Waals surface area contributed by atoms with Gasteiger partial charge in [-0.1, -0.05) is 19.1 Å². The average molecular weight is 599 g/mol. The number of fused-ring (bicyclic) bond motifs is 1. The summed E-state index contributed by atoms with van der Waals surface area (Å²) in [5.41, 5.74) is 0.975. The van der Waals surface area contributed by atoms with Crippen LogP contribution in [0.2, 0.25) is 0 Å². The molecule has 4 aromatic rings. The number of piperazine rings is 1. The highest BCUT2D eigenvalue weighted by molar-refractivity contribution is 5.98. The highest BCUT2D eigenvalue weighted by Gasteiger charge is 2.32. The Morgan fingerprint density at radius 1 is 1.00 bits per heavy atom. The van der Waals surface area contributed by atoms with Crippen LogP contribution in [0.3, 0.4) is 0 Å². The summed E-state index contributed by atoms with van der Waals surface area (Å²) < 4.78 is 52.1. The smallest absolute Gasteiger partial charge is 0.433 e. The number of halogens is 3. The number of likely N-dealkylation sites (N-methyl/N-ethyl adjacent to an activating group) is 1. The highest BCUT2D eigenvalue weighted by atomic mass is 19.4. The van der Waals surface area contributed by atoms with Crippen LogP contribution in [-0.2, 0) is 6.18 Å². The predicted molar refractivity (Wildman–Crippen MR) is 160 cm³/mol. The normalized spacial score (nSPS) is 15.1. The number of nitrogens with one attached hydrogen (secondary N) is 1. The Bertz CT molecular complexity index is 1540. The molecule has 9 nitrogen and oxygen atoms in total. The van der Waals surface area contributed by atoms with Crippen molar-refractivity contribution in [2.75, 3.05) is 63.7 Å². The molecular formula is C31H37F3N6O3. The lowest BCUT2D eigenvalue weighted by molar-refractivity contribution is -0.141. The number of ether oxygens (including phenoxy) is 2. The van der Waals surface area contributed by atoms with E-state index in [4.69, 9.17) is 9.47 Å². The van der Waals surface area contributed by atoms with Gasteiger partial charge in [-0.2, -0.15) is 13.2 Å². The minimum Gasteiger partial charge on any atom is -0.494 e. The van der Waals surface area contributed by atoms with Crippen LogP contribution in [0, 0.1) is 0 Å². The summed E-state index contributed by atoms with van der Waals surface area (Å²) in [6.07, 6.45) is -0.349. The molecule has 5 rings (SSSR count). The van der Waals surface area contributed by atoms with Gasteiger partial charge >= 0.3 is 6.18 Å².